The Kier molecular flexibility index (Phi) is 6.52. The van der Waals surface area contributed by atoms with Crippen molar-refractivity contribution in [2.24, 2.45) is 5.92 Å². The van der Waals surface area contributed by atoms with E-state index in [2.05, 4.69) is 29.0 Å². The molecule has 2 aliphatic carbocycles. The zero-order valence-electron chi connectivity index (χ0n) is 22.1. The molecule has 1 aromatic heterocycles. The Balaban J connectivity index is 1.63. The van der Waals surface area contributed by atoms with E-state index in [-0.39, 0.29) is 11.6 Å². The van der Waals surface area contributed by atoms with Crippen LogP contribution in [0, 0.1) is 12.8 Å². The maximum atomic E-state index is 13.0. The van der Waals surface area contributed by atoms with Crippen molar-refractivity contribution in [3.8, 4) is 5.75 Å². The summed E-state index contributed by atoms with van der Waals surface area (Å²) < 4.78 is 5.57. The maximum Gasteiger partial charge on any atom is 0.261 e. The number of aldehydes is 1. The minimum absolute atomic E-state index is 0.0422. The van der Waals surface area contributed by atoms with Crippen LogP contribution in [0.1, 0.15) is 65.9 Å². The van der Waals surface area contributed by atoms with Gasteiger partial charge in [0, 0.05) is 36.5 Å². The molecule has 2 aromatic rings. The summed E-state index contributed by atoms with van der Waals surface area (Å²) in [6, 6.07) is 6.78. The number of aryl methyl sites for hydroxylation is 1. The normalized spacial score (nSPS) is 28.1. The summed E-state index contributed by atoms with van der Waals surface area (Å²) in [7, 11) is 1.64. The number of carbonyl (C=O) groups excluding carboxylic acids is 2. The van der Waals surface area contributed by atoms with Gasteiger partial charge in [-0.2, -0.15) is 0 Å². The van der Waals surface area contributed by atoms with Crippen molar-refractivity contribution in [1.29, 1.82) is 0 Å². The van der Waals surface area contributed by atoms with Crippen molar-refractivity contribution in [2.75, 3.05) is 20.2 Å². The molecule has 4 atom stereocenters. The van der Waals surface area contributed by atoms with Crippen LogP contribution in [-0.2, 0) is 23.1 Å². The van der Waals surface area contributed by atoms with Gasteiger partial charge in [-0.15, -0.1) is 0 Å². The van der Waals surface area contributed by atoms with Gasteiger partial charge in [0.2, 0.25) is 0 Å². The fourth-order valence-electron chi connectivity index (χ4n) is 6.60. The molecule has 37 heavy (non-hydrogen) atoms. The lowest BCUT2D eigenvalue weighted by Gasteiger charge is -2.60. The van der Waals surface area contributed by atoms with Crippen molar-refractivity contribution in [1.82, 2.24) is 15.2 Å². The monoisotopic (exact) mass is 507 g/mol. The van der Waals surface area contributed by atoms with Crippen LogP contribution < -0.4 is 15.6 Å². The molecule has 198 valence electrons. The van der Waals surface area contributed by atoms with Crippen LogP contribution in [-0.4, -0.2) is 65.1 Å². The Bertz CT molecular complexity index is 1280. The molecule has 8 nitrogen and oxygen atoms in total. The molecule has 8 heteroatoms. The van der Waals surface area contributed by atoms with Crippen molar-refractivity contribution in [3.63, 3.8) is 0 Å². The lowest BCUT2D eigenvalue weighted by Crippen LogP contribution is -2.71. The third-order valence-electron chi connectivity index (χ3n) is 9.00. The molecule has 1 saturated carbocycles. The maximum absolute atomic E-state index is 13.0. The van der Waals surface area contributed by atoms with E-state index in [0.717, 1.165) is 47.6 Å². The van der Waals surface area contributed by atoms with Gasteiger partial charge >= 0.3 is 0 Å². The van der Waals surface area contributed by atoms with Gasteiger partial charge in [0.25, 0.3) is 11.5 Å². The van der Waals surface area contributed by atoms with Crippen LogP contribution in [0.3, 0.4) is 0 Å². The predicted octanol–water partition coefficient (Wildman–Crippen LogP) is 2.28. The molecule has 2 fully saturated rings. The number of piperidine rings is 1. The summed E-state index contributed by atoms with van der Waals surface area (Å²) >= 11 is 0. The van der Waals surface area contributed by atoms with E-state index < -0.39 is 28.5 Å². The molecule has 0 radical (unpaired) electrons. The number of likely N-dealkylation sites (tertiary alicyclic amines) is 1. The van der Waals surface area contributed by atoms with Crippen LogP contribution in [0.5, 0.6) is 5.75 Å². The van der Waals surface area contributed by atoms with E-state index >= 15 is 0 Å². The molecule has 2 heterocycles. The summed E-state index contributed by atoms with van der Waals surface area (Å²) in [4.78, 5) is 42.2. The molecular weight excluding hydrogens is 470 g/mol. The van der Waals surface area contributed by atoms with E-state index in [0.29, 0.717) is 25.0 Å². The molecule has 4 unspecified atom stereocenters. The average Bonchev–Trinajstić information content (AvgIpc) is 3.69. The lowest BCUT2D eigenvalue weighted by molar-refractivity contribution is -0.139. The highest BCUT2D eigenvalue weighted by Gasteiger charge is 2.61. The second kappa shape index (κ2) is 9.40. The zero-order valence-corrected chi connectivity index (χ0v) is 22.1. The first-order valence-corrected chi connectivity index (χ1v) is 13.2. The first-order chi connectivity index (χ1) is 17.6. The Morgan fingerprint density at radius 1 is 1.32 bits per heavy atom. The highest BCUT2D eigenvalue weighted by molar-refractivity contribution is 5.95. The number of methoxy groups -OCH3 is 1. The number of ether oxygens (including phenoxy) is 1. The van der Waals surface area contributed by atoms with Crippen LogP contribution in [0.25, 0.3) is 0 Å². The van der Waals surface area contributed by atoms with E-state index in [4.69, 9.17) is 4.74 Å². The van der Waals surface area contributed by atoms with E-state index in [1.807, 2.05) is 18.2 Å². The Morgan fingerprint density at radius 2 is 2.08 bits per heavy atom. The number of nitrogens with zero attached hydrogens (tertiary/aromatic N) is 1. The number of hydrogen-bond acceptors (Lipinski definition) is 6. The third kappa shape index (κ3) is 4.30. The number of carbonyl (C=O) groups is 2. The quantitative estimate of drug-likeness (QED) is 0.496. The number of hydrogen-bond donors (Lipinski definition) is 3. The lowest BCUT2D eigenvalue weighted by atomic mass is 9.53. The summed E-state index contributed by atoms with van der Waals surface area (Å²) in [6.07, 6.45) is 4.61. The number of nitrogens with one attached hydrogen (secondary N) is 2. The molecule has 1 aliphatic heterocycles. The number of fused-ring (bicyclic) bond motifs is 2. The number of aromatic nitrogens is 1. The number of aromatic amines is 1. The van der Waals surface area contributed by atoms with E-state index in [1.54, 1.807) is 20.1 Å². The molecule has 1 aromatic carbocycles. The highest BCUT2D eigenvalue weighted by Crippen LogP contribution is 2.54. The van der Waals surface area contributed by atoms with Crippen molar-refractivity contribution in [3.05, 3.63) is 62.6 Å². The van der Waals surface area contributed by atoms with Crippen molar-refractivity contribution < 1.29 is 19.4 Å². The smallest absolute Gasteiger partial charge is 0.261 e. The molecule has 0 bridgehead atoms. The third-order valence-corrected chi connectivity index (χ3v) is 9.00. The second-order valence-corrected chi connectivity index (χ2v) is 11.3. The number of pyridine rings is 1. The summed E-state index contributed by atoms with van der Waals surface area (Å²) in [5.41, 5.74) is 1.34. The van der Waals surface area contributed by atoms with Gasteiger partial charge < -0.3 is 24.9 Å². The number of H-pyrrole nitrogens is 1. The number of benzene rings is 1. The fraction of sp³-hybridized carbons (Fsp3) is 0.552. The molecule has 1 amide bonds. The predicted molar refractivity (Wildman–Crippen MR) is 140 cm³/mol. The molecule has 5 rings (SSSR count). The van der Waals surface area contributed by atoms with Crippen LogP contribution in [0.15, 0.2) is 29.1 Å². The second-order valence-electron chi connectivity index (χ2n) is 11.3. The fourth-order valence-corrected chi connectivity index (χ4v) is 6.60. The molecule has 3 N–H and O–H groups in total. The van der Waals surface area contributed by atoms with Gasteiger partial charge in [-0.05, 0) is 87.4 Å². The van der Waals surface area contributed by atoms with E-state index in [1.165, 1.54) is 12.8 Å². The number of aliphatic hydroxyl groups is 1. The molecule has 0 spiro atoms. The SMILES string of the molecule is COc1ccc(C)c(C23CCN(CC4CC4)C(C)C2(O)Cc2cc(C(=O)NC(C)C=O)c(=O)[nH]c2C3)c1. The van der Waals surface area contributed by atoms with Gasteiger partial charge in [-0.25, -0.2) is 0 Å². The Labute approximate surface area is 217 Å². The standard InChI is InChI=1S/C29H37N3O5/c1-17-5-8-22(37-4)12-24(17)28-9-10-32(15-20-6-7-20)19(3)29(28,36)13-21-11-23(26(34)30-18(2)16-33)27(35)31-25(21)14-28/h5,8,11-12,16,18-20,36H,6-7,9-10,13-15H2,1-4H3,(H,30,34)(H,31,35). The van der Waals surface area contributed by atoms with Gasteiger partial charge in [0.15, 0.2) is 0 Å². The highest BCUT2D eigenvalue weighted by atomic mass is 16.5. The van der Waals surface area contributed by atoms with E-state index in [9.17, 15) is 19.5 Å². The average molecular weight is 508 g/mol. The topological polar surface area (TPSA) is 112 Å². The summed E-state index contributed by atoms with van der Waals surface area (Å²) in [5, 5.41) is 15.3. The minimum Gasteiger partial charge on any atom is -0.497 e. The van der Waals surface area contributed by atoms with Crippen LogP contribution >= 0.6 is 0 Å². The largest absolute Gasteiger partial charge is 0.497 e. The first-order valence-electron chi connectivity index (χ1n) is 13.2. The van der Waals surface area contributed by atoms with Crippen molar-refractivity contribution >= 4 is 12.2 Å². The molecule has 3 aliphatic rings. The van der Waals surface area contributed by atoms with Crippen molar-refractivity contribution in [2.45, 2.75) is 76.0 Å². The van der Waals surface area contributed by atoms with Gasteiger partial charge in [-0.1, -0.05) is 6.07 Å². The Hall–Kier alpha value is -2.97. The zero-order chi connectivity index (χ0) is 26.5. The molecular formula is C29H37N3O5. The minimum atomic E-state index is -1.13. The van der Waals surface area contributed by atoms with Crippen LogP contribution in [0.4, 0.5) is 0 Å². The van der Waals surface area contributed by atoms with Gasteiger partial charge in [0.05, 0.1) is 18.8 Å². The van der Waals surface area contributed by atoms with Crippen LogP contribution in [0.2, 0.25) is 0 Å². The van der Waals surface area contributed by atoms with Gasteiger partial charge in [-0.3, -0.25) is 14.5 Å². The Morgan fingerprint density at radius 3 is 2.76 bits per heavy atom. The number of amides is 1. The first kappa shape index (κ1) is 25.7. The summed E-state index contributed by atoms with van der Waals surface area (Å²) in [6.45, 7) is 7.57. The summed E-state index contributed by atoms with van der Waals surface area (Å²) in [5.74, 6) is 0.837. The molecule has 1 saturated heterocycles. The number of rotatable bonds is 7. The van der Waals surface area contributed by atoms with Gasteiger partial charge in [0.1, 0.15) is 17.6 Å².